The van der Waals surface area contributed by atoms with Crippen molar-refractivity contribution in [2.45, 2.75) is 64.5 Å². The molecule has 4 nitrogen and oxygen atoms in total. The molecule has 1 fully saturated rings. The van der Waals surface area contributed by atoms with Crippen molar-refractivity contribution in [2.75, 3.05) is 6.54 Å². The molecule has 0 aromatic carbocycles. The summed E-state index contributed by atoms with van der Waals surface area (Å²) in [5, 5.41) is 10.6. The van der Waals surface area contributed by atoms with Crippen molar-refractivity contribution in [3.63, 3.8) is 0 Å². The van der Waals surface area contributed by atoms with Gasteiger partial charge in [-0.1, -0.05) is 0 Å². The Balaban J connectivity index is 1.86. The lowest BCUT2D eigenvalue weighted by Crippen LogP contribution is -2.47. The number of rotatable bonds is 5. The molecule has 1 saturated carbocycles. The maximum absolute atomic E-state index is 6.09. The van der Waals surface area contributed by atoms with E-state index in [4.69, 9.17) is 4.74 Å². The van der Waals surface area contributed by atoms with Crippen molar-refractivity contribution >= 4 is 0 Å². The van der Waals surface area contributed by atoms with Crippen molar-refractivity contribution < 1.29 is 4.74 Å². The topological polar surface area (TPSA) is 49.9 Å². The van der Waals surface area contributed by atoms with Gasteiger partial charge in [0, 0.05) is 17.3 Å². The second-order valence-corrected chi connectivity index (χ2v) is 6.45. The summed E-state index contributed by atoms with van der Waals surface area (Å²) in [6.07, 6.45) is 4.60. The number of hydrogen-bond acceptors (Lipinski definition) is 3. The summed E-state index contributed by atoms with van der Waals surface area (Å²) in [4.78, 5) is 0. The van der Waals surface area contributed by atoms with E-state index in [-0.39, 0.29) is 11.1 Å². The van der Waals surface area contributed by atoms with Gasteiger partial charge in [-0.2, -0.15) is 0 Å². The van der Waals surface area contributed by atoms with Crippen molar-refractivity contribution in [1.29, 1.82) is 0 Å². The molecule has 0 bridgehead atoms. The Bertz CT molecular complexity index is 388. The first kappa shape index (κ1) is 13.4. The molecular weight excluding hydrogens is 226 g/mol. The fourth-order valence-electron chi connectivity index (χ4n) is 2.31. The van der Waals surface area contributed by atoms with E-state index in [0.29, 0.717) is 0 Å². The average Bonchev–Trinajstić information content (AvgIpc) is 2.58. The van der Waals surface area contributed by atoms with Crippen LogP contribution in [0.3, 0.4) is 0 Å². The average molecular weight is 251 g/mol. The zero-order valence-corrected chi connectivity index (χ0v) is 12.0. The van der Waals surface area contributed by atoms with Crippen LogP contribution in [0.2, 0.25) is 0 Å². The van der Waals surface area contributed by atoms with Gasteiger partial charge in [0.05, 0.1) is 0 Å². The molecule has 4 heteroatoms. The van der Waals surface area contributed by atoms with Gasteiger partial charge >= 0.3 is 0 Å². The molecule has 0 amide bonds. The van der Waals surface area contributed by atoms with Crippen LogP contribution in [0.5, 0.6) is 5.88 Å². The van der Waals surface area contributed by atoms with Gasteiger partial charge in [0.25, 0.3) is 0 Å². The van der Waals surface area contributed by atoms with Crippen molar-refractivity contribution in [1.82, 2.24) is 15.5 Å². The van der Waals surface area contributed by atoms with Crippen molar-refractivity contribution in [2.24, 2.45) is 0 Å². The van der Waals surface area contributed by atoms with Crippen LogP contribution in [0.25, 0.3) is 0 Å². The second kappa shape index (κ2) is 4.92. The summed E-state index contributed by atoms with van der Waals surface area (Å²) in [5.74, 6) is 0.739. The maximum atomic E-state index is 6.09. The van der Waals surface area contributed by atoms with Crippen molar-refractivity contribution in [3.05, 3.63) is 11.8 Å². The number of aryl methyl sites for hydroxylation is 1. The summed E-state index contributed by atoms with van der Waals surface area (Å²) in [6, 6.07) is 1.97. The Morgan fingerprint density at radius 1 is 1.44 bits per heavy atom. The highest BCUT2D eigenvalue weighted by Gasteiger charge is 2.39. The Hall–Kier alpha value is -1.03. The number of hydrogen-bond donors (Lipinski definition) is 2. The second-order valence-electron chi connectivity index (χ2n) is 6.45. The molecule has 2 N–H and O–H groups in total. The van der Waals surface area contributed by atoms with Crippen LogP contribution in [-0.2, 0) is 0 Å². The number of nitrogens with zero attached hydrogens (tertiary/aromatic N) is 1. The predicted octanol–water partition coefficient (Wildman–Crippen LogP) is 2.80. The molecule has 1 aliphatic carbocycles. The van der Waals surface area contributed by atoms with E-state index >= 15 is 0 Å². The van der Waals surface area contributed by atoms with E-state index in [2.05, 4.69) is 36.3 Å². The van der Waals surface area contributed by atoms with E-state index in [1.54, 1.807) is 0 Å². The molecule has 2 rings (SSSR count). The van der Waals surface area contributed by atoms with Crippen LogP contribution >= 0.6 is 0 Å². The lowest BCUT2D eigenvalue weighted by Gasteiger charge is -2.41. The zero-order valence-electron chi connectivity index (χ0n) is 12.0. The van der Waals surface area contributed by atoms with Gasteiger partial charge < -0.3 is 10.1 Å². The number of nitrogens with one attached hydrogen (secondary N) is 2. The molecule has 1 heterocycles. The summed E-state index contributed by atoms with van der Waals surface area (Å²) in [7, 11) is 0. The molecule has 1 aromatic rings. The molecule has 0 radical (unpaired) electrons. The molecule has 0 atom stereocenters. The van der Waals surface area contributed by atoms with Crippen LogP contribution < -0.4 is 10.1 Å². The van der Waals surface area contributed by atoms with Gasteiger partial charge in [-0.3, -0.25) is 5.10 Å². The third-order valence-corrected chi connectivity index (χ3v) is 3.50. The first-order valence-electron chi connectivity index (χ1n) is 6.85. The fourth-order valence-corrected chi connectivity index (χ4v) is 2.31. The Morgan fingerprint density at radius 2 is 2.17 bits per heavy atom. The van der Waals surface area contributed by atoms with E-state index in [1.165, 1.54) is 6.42 Å². The molecular formula is C14H25N3O. The van der Waals surface area contributed by atoms with Gasteiger partial charge in [-0.15, -0.1) is 5.10 Å². The van der Waals surface area contributed by atoms with Gasteiger partial charge in [-0.05, 0) is 59.9 Å². The third-order valence-electron chi connectivity index (χ3n) is 3.50. The van der Waals surface area contributed by atoms with E-state index < -0.39 is 0 Å². The summed E-state index contributed by atoms with van der Waals surface area (Å²) in [6.45, 7) is 9.57. The normalized spacial score (nSPS) is 18.4. The lowest BCUT2D eigenvalue weighted by atomic mass is 9.77. The minimum absolute atomic E-state index is 0.0138. The number of aromatic nitrogens is 2. The highest BCUT2D eigenvalue weighted by molar-refractivity contribution is 5.14. The molecule has 102 valence electrons. The van der Waals surface area contributed by atoms with Crippen LogP contribution in [0.15, 0.2) is 6.07 Å². The van der Waals surface area contributed by atoms with Crippen LogP contribution in [0, 0.1) is 6.92 Å². The number of aromatic amines is 1. The van der Waals surface area contributed by atoms with E-state index in [1.807, 2.05) is 13.0 Å². The first-order valence-corrected chi connectivity index (χ1v) is 6.85. The van der Waals surface area contributed by atoms with E-state index in [0.717, 1.165) is 37.4 Å². The fraction of sp³-hybridized carbons (Fsp3) is 0.786. The smallest absolute Gasteiger partial charge is 0.233 e. The SMILES string of the molecule is Cc1cc(OC2(CCNC(C)(C)C)CCC2)n[nH]1. The maximum Gasteiger partial charge on any atom is 0.233 e. The molecule has 18 heavy (non-hydrogen) atoms. The Morgan fingerprint density at radius 3 is 2.61 bits per heavy atom. The Labute approximate surface area is 110 Å². The molecule has 0 spiro atoms. The van der Waals surface area contributed by atoms with E-state index in [9.17, 15) is 0 Å². The third kappa shape index (κ3) is 3.48. The molecule has 0 unspecified atom stereocenters. The molecule has 1 aromatic heterocycles. The number of H-pyrrole nitrogens is 1. The van der Waals surface area contributed by atoms with Gasteiger partial charge in [-0.25, -0.2) is 0 Å². The van der Waals surface area contributed by atoms with Gasteiger partial charge in [0.1, 0.15) is 5.60 Å². The highest BCUT2D eigenvalue weighted by Crippen LogP contribution is 2.38. The Kier molecular flexibility index (Phi) is 3.66. The molecule has 0 aliphatic heterocycles. The van der Waals surface area contributed by atoms with Crippen LogP contribution in [0.4, 0.5) is 0 Å². The summed E-state index contributed by atoms with van der Waals surface area (Å²) in [5.41, 5.74) is 1.24. The van der Waals surface area contributed by atoms with Gasteiger partial charge in [0.2, 0.25) is 5.88 Å². The van der Waals surface area contributed by atoms with Crippen LogP contribution in [-0.4, -0.2) is 27.9 Å². The highest BCUT2D eigenvalue weighted by atomic mass is 16.5. The number of ether oxygens (including phenoxy) is 1. The first-order chi connectivity index (χ1) is 8.39. The summed E-state index contributed by atoms with van der Waals surface area (Å²) >= 11 is 0. The zero-order chi connectivity index (χ0) is 13.2. The lowest BCUT2D eigenvalue weighted by molar-refractivity contribution is -0.0189. The molecule has 1 aliphatic rings. The summed E-state index contributed by atoms with van der Waals surface area (Å²) < 4.78 is 6.09. The van der Waals surface area contributed by atoms with Crippen LogP contribution in [0.1, 0.15) is 52.1 Å². The van der Waals surface area contributed by atoms with Crippen molar-refractivity contribution in [3.8, 4) is 5.88 Å². The minimum Gasteiger partial charge on any atom is -0.470 e. The largest absolute Gasteiger partial charge is 0.470 e. The minimum atomic E-state index is 0.0138. The predicted molar refractivity (Wildman–Crippen MR) is 72.9 cm³/mol. The van der Waals surface area contributed by atoms with Gasteiger partial charge in [0.15, 0.2) is 0 Å². The standard InChI is InChI=1S/C14H25N3O/c1-11-10-12(17-16-11)18-14(6-5-7-14)8-9-15-13(2,3)4/h10,15H,5-9H2,1-4H3,(H,16,17). The quantitative estimate of drug-likeness (QED) is 0.846. The monoisotopic (exact) mass is 251 g/mol. The molecule has 0 saturated heterocycles.